The van der Waals surface area contributed by atoms with Crippen LogP contribution in [-0.4, -0.2) is 18.2 Å². The second kappa shape index (κ2) is 9.06. The molecule has 134 valence electrons. The van der Waals surface area contributed by atoms with E-state index in [0.717, 1.165) is 12.8 Å². The summed E-state index contributed by atoms with van der Waals surface area (Å²) in [6, 6.07) is 14.1. The van der Waals surface area contributed by atoms with Crippen LogP contribution >= 0.6 is 0 Å². The summed E-state index contributed by atoms with van der Waals surface area (Å²) in [5.41, 5.74) is 1.35. The van der Waals surface area contributed by atoms with Crippen molar-refractivity contribution in [2.24, 2.45) is 0 Å². The molecular weight excluding hydrogens is 319 g/mol. The number of carbonyl (C=O) groups excluding carboxylic acids is 1. The van der Waals surface area contributed by atoms with Gasteiger partial charge in [0.25, 0.3) is 0 Å². The third-order valence-corrected chi connectivity index (χ3v) is 3.65. The second-order valence-electron chi connectivity index (χ2n) is 6.33. The normalized spacial score (nSPS) is 11.9. The van der Waals surface area contributed by atoms with E-state index in [2.05, 4.69) is 22.8 Å². The molecule has 1 unspecified atom stereocenters. The lowest BCUT2D eigenvalue weighted by molar-refractivity contribution is 0.241. The highest BCUT2D eigenvalue weighted by Crippen LogP contribution is 2.21. The number of rotatable bonds is 7. The Morgan fingerprint density at radius 3 is 2.48 bits per heavy atom. The summed E-state index contributed by atoms with van der Waals surface area (Å²) in [7, 11) is 0. The van der Waals surface area contributed by atoms with E-state index in [9.17, 15) is 9.18 Å². The van der Waals surface area contributed by atoms with Crippen molar-refractivity contribution in [3.8, 4) is 5.75 Å². The predicted molar refractivity (Wildman–Crippen MR) is 98.5 cm³/mol. The van der Waals surface area contributed by atoms with Crippen LogP contribution in [0.15, 0.2) is 48.5 Å². The van der Waals surface area contributed by atoms with Gasteiger partial charge in [-0.15, -0.1) is 0 Å². The molecule has 0 saturated carbocycles. The molecule has 4 nitrogen and oxygen atoms in total. The van der Waals surface area contributed by atoms with Crippen LogP contribution in [0.3, 0.4) is 0 Å². The highest BCUT2D eigenvalue weighted by atomic mass is 19.1. The van der Waals surface area contributed by atoms with E-state index in [4.69, 9.17) is 4.74 Å². The van der Waals surface area contributed by atoms with Gasteiger partial charge in [-0.1, -0.05) is 30.3 Å². The van der Waals surface area contributed by atoms with Gasteiger partial charge in [0.2, 0.25) is 0 Å². The van der Waals surface area contributed by atoms with Crippen molar-refractivity contribution in [2.75, 3.05) is 5.32 Å². The summed E-state index contributed by atoms with van der Waals surface area (Å²) < 4.78 is 19.5. The van der Waals surface area contributed by atoms with Crippen molar-refractivity contribution >= 4 is 11.7 Å². The zero-order valence-electron chi connectivity index (χ0n) is 14.9. The Morgan fingerprint density at radius 1 is 1.12 bits per heavy atom. The molecular formula is C20H25FN2O2. The summed E-state index contributed by atoms with van der Waals surface area (Å²) in [6.45, 7) is 5.67. The molecule has 2 aromatic carbocycles. The summed E-state index contributed by atoms with van der Waals surface area (Å²) in [6.07, 6.45) is 1.64. The second-order valence-corrected chi connectivity index (χ2v) is 6.33. The zero-order chi connectivity index (χ0) is 18.2. The predicted octanol–water partition coefficient (Wildman–Crippen LogP) is 4.76. The van der Waals surface area contributed by atoms with E-state index in [1.165, 1.54) is 17.7 Å². The van der Waals surface area contributed by atoms with Gasteiger partial charge < -0.3 is 15.4 Å². The molecule has 0 aliphatic rings. The van der Waals surface area contributed by atoms with Crippen LogP contribution < -0.4 is 15.4 Å². The van der Waals surface area contributed by atoms with Gasteiger partial charge in [-0.3, -0.25) is 0 Å². The first-order valence-corrected chi connectivity index (χ1v) is 8.51. The maximum atomic E-state index is 14.0. The van der Waals surface area contributed by atoms with Gasteiger partial charge in [-0.25, -0.2) is 9.18 Å². The van der Waals surface area contributed by atoms with Crippen LogP contribution in [0, 0.1) is 5.82 Å². The monoisotopic (exact) mass is 344 g/mol. The molecule has 2 aromatic rings. The third-order valence-electron chi connectivity index (χ3n) is 3.65. The minimum absolute atomic E-state index is 0.0215. The molecule has 2 rings (SSSR count). The standard InChI is InChI=1S/C20H25FN2O2/c1-14(2)25-17-11-12-19(18(21)13-17)23-20(24)22-15(3)9-10-16-7-5-4-6-8-16/h4-8,11-15H,9-10H2,1-3H3,(H2,22,23,24). The van der Waals surface area contributed by atoms with Crippen LogP contribution in [0.5, 0.6) is 5.75 Å². The Labute approximate surface area is 148 Å². The third kappa shape index (κ3) is 6.45. The number of nitrogens with one attached hydrogen (secondary N) is 2. The van der Waals surface area contributed by atoms with E-state index in [0.29, 0.717) is 5.75 Å². The summed E-state index contributed by atoms with van der Waals surface area (Å²) >= 11 is 0. The molecule has 0 heterocycles. The summed E-state index contributed by atoms with van der Waals surface area (Å²) in [5.74, 6) is -0.0834. The number of hydrogen-bond donors (Lipinski definition) is 2. The Morgan fingerprint density at radius 2 is 1.84 bits per heavy atom. The Kier molecular flexibility index (Phi) is 6.81. The Balaban J connectivity index is 1.83. The number of halogens is 1. The average molecular weight is 344 g/mol. The maximum Gasteiger partial charge on any atom is 0.319 e. The van der Waals surface area contributed by atoms with Crippen molar-refractivity contribution in [3.63, 3.8) is 0 Å². The summed E-state index contributed by atoms with van der Waals surface area (Å²) in [4.78, 5) is 12.0. The molecule has 5 heteroatoms. The molecule has 0 aliphatic heterocycles. The summed E-state index contributed by atoms with van der Waals surface area (Å²) in [5, 5.41) is 5.36. The fraction of sp³-hybridized carbons (Fsp3) is 0.350. The smallest absolute Gasteiger partial charge is 0.319 e. The number of hydrogen-bond acceptors (Lipinski definition) is 2. The lowest BCUT2D eigenvalue weighted by atomic mass is 10.1. The first-order chi connectivity index (χ1) is 11.9. The topological polar surface area (TPSA) is 50.4 Å². The van der Waals surface area contributed by atoms with Gasteiger partial charge in [-0.05, 0) is 51.3 Å². The molecule has 0 aromatic heterocycles. The lowest BCUT2D eigenvalue weighted by Crippen LogP contribution is -2.36. The fourth-order valence-electron chi connectivity index (χ4n) is 2.42. The van der Waals surface area contributed by atoms with Crippen LogP contribution in [-0.2, 0) is 6.42 Å². The van der Waals surface area contributed by atoms with Crippen molar-refractivity contribution in [2.45, 2.75) is 45.8 Å². The Bertz CT molecular complexity index is 689. The van der Waals surface area contributed by atoms with Gasteiger partial charge in [-0.2, -0.15) is 0 Å². The molecule has 0 radical (unpaired) electrons. The zero-order valence-corrected chi connectivity index (χ0v) is 14.9. The van der Waals surface area contributed by atoms with E-state index < -0.39 is 11.8 Å². The molecule has 1 atom stereocenters. The van der Waals surface area contributed by atoms with Crippen LogP contribution in [0.2, 0.25) is 0 Å². The molecule has 0 saturated heterocycles. The van der Waals surface area contributed by atoms with E-state index in [1.54, 1.807) is 6.07 Å². The highest BCUT2D eigenvalue weighted by Gasteiger charge is 2.11. The molecule has 2 N–H and O–H groups in total. The molecule has 25 heavy (non-hydrogen) atoms. The molecule has 2 amide bonds. The maximum absolute atomic E-state index is 14.0. The average Bonchev–Trinajstić information content (AvgIpc) is 2.56. The van der Waals surface area contributed by atoms with E-state index in [-0.39, 0.29) is 17.8 Å². The van der Waals surface area contributed by atoms with E-state index >= 15 is 0 Å². The first kappa shape index (κ1) is 18.8. The van der Waals surface area contributed by atoms with Gasteiger partial charge in [0.15, 0.2) is 0 Å². The number of urea groups is 1. The molecule has 0 fully saturated rings. The minimum Gasteiger partial charge on any atom is -0.491 e. The number of carbonyl (C=O) groups is 1. The Hall–Kier alpha value is -2.56. The largest absolute Gasteiger partial charge is 0.491 e. The number of amides is 2. The van der Waals surface area contributed by atoms with Gasteiger partial charge in [0.1, 0.15) is 11.6 Å². The van der Waals surface area contributed by atoms with Crippen molar-refractivity contribution in [1.82, 2.24) is 5.32 Å². The van der Waals surface area contributed by atoms with Gasteiger partial charge in [0, 0.05) is 12.1 Å². The quantitative estimate of drug-likeness (QED) is 0.761. The van der Waals surface area contributed by atoms with Crippen LogP contribution in [0.1, 0.15) is 32.8 Å². The number of ether oxygens (including phenoxy) is 1. The highest BCUT2D eigenvalue weighted by molar-refractivity contribution is 5.89. The van der Waals surface area contributed by atoms with E-state index in [1.807, 2.05) is 39.0 Å². The van der Waals surface area contributed by atoms with Crippen molar-refractivity contribution in [3.05, 3.63) is 59.9 Å². The number of anilines is 1. The van der Waals surface area contributed by atoms with Crippen molar-refractivity contribution < 1.29 is 13.9 Å². The molecule has 0 aliphatic carbocycles. The SMILES string of the molecule is CC(CCc1ccccc1)NC(=O)Nc1ccc(OC(C)C)cc1F. The van der Waals surface area contributed by atoms with Crippen molar-refractivity contribution in [1.29, 1.82) is 0 Å². The first-order valence-electron chi connectivity index (χ1n) is 8.51. The van der Waals surface area contributed by atoms with Crippen LogP contribution in [0.25, 0.3) is 0 Å². The van der Waals surface area contributed by atoms with Gasteiger partial charge in [0.05, 0.1) is 11.8 Å². The minimum atomic E-state index is -0.523. The number of benzene rings is 2. The molecule has 0 spiro atoms. The number of aryl methyl sites for hydroxylation is 1. The van der Waals surface area contributed by atoms with Gasteiger partial charge >= 0.3 is 6.03 Å². The molecule has 0 bridgehead atoms. The fourth-order valence-corrected chi connectivity index (χ4v) is 2.42. The van der Waals surface area contributed by atoms with Crippen LogP contribution in [0.4, 0.5) is 14.9 Å². The lowest BCUT2D eigenvalue weighted by Gasteiger charge is -2.16.